The van der Waals surface area contributed by atoms with Crippen LogP contribution >= 0.6 is 0 Å². The topological polar surface area (TPSA) is 46.3 Å². The molecule has 4 heteroatoms. The first-order chi connectivity index (χ1) is 7.82. The zero-order chi connectivity index (χ0) is 13.2. The molecule has 0 aliphatic rings. The molecule has 0 bridgehead atoms. The van der Waals surface area contributed by atoms with E-state index in [0.29, 0.717) is 23.7 Å². The summed E-state index contributed by atoms with van der Waals surface area (Å²) in [6.07, 6.45) is 0. The number of hydrogen-bond donors (Lipinski definition) is 1. The number of benzene rings is 1. The second-order valence-electron chi connectivity index (χ2n) is 4.78. The van der Waals surface area contributed by atoms with E-state index in [1.165, 1.54) is 17.0 Å². The molecule has 3 nitrogen and oxygen atoms in total. The number of hydrogen-bond acceptors (Lipinski definition) is 2. The molecule has 0 aliphatic heterocycles. The number of rotatable bonds is 3. The maximum Gasteiger partial charge on any atom is 0.256 e. The summed E-state index contributed by atoms with van der Waals surface area (Å²) >= 11 is 0. The molecule has 0 aliphatic carbocycles. The Kier molecular flexibility index (Phi) is 4.10. The zero-order valence-corrected chi connectivity index (χ0v) is 10.7. The summed E-state index contributed by atoms with van der Waals surface area (Å²) in [5, 5.41) is 0. The van der Waals surface area contributed by atoms with Gasteiger partial charge in [0, 0.05) is 19.3 Å². The minimum absolute atomic E-state index is 0.0469. The highest BCUT2D eigenvalue weighted by Crippen LogP contribution is 2.18. The Morgan fingerprint density at radius 2 is 2.06 bits per heavy atom. The van der Waals surface area contributed by atoms with Gasteiger partial charge in [-0.15, -0.1) is 0 Å². The van der Waals surface area contributed by atoms with Gasteiger partial charge in [-0.2, -0.15) is 0 Å². The quantitative estimate of drug-likeness (QED) is 0.822. The van der Waals surface area contributed by atoms with Crippen LogP contribution in [-0.2, 0) is 0 Å². The lowest BCUT2D eigenvalue weighted by Crippen LogP contribution is -2.31. The van der Waals surface area contributed by atoms with E-state index in [0.717, 1.165) is 0 Å². The monoisotopic (exact) mass is 238 g/mol. The minimum atomic E-state index is -0.486. The van der Waals surface area contributed by atoms with Gasteiger partial charge in [0.05, 0.1) is 5.56 Å². The molecule has 0 aromatic heterocycles. The molecule has 1 aromatic carbocycles. The predicted molar refractivity (Wildman–Crippen MR) is 67.3 cm³/mol. The number of carbonyl (C=O) groups is 1. The summed E-state index contributed by atoms with van der Waals surface area (Å²) in [5.74, 6) is -0.472. The van der Waals surface area contributed by atoms with E-state index in [9.17, 15) is 9.18 Å². The van der Waals surface area contributed by atoms with Crippen LogP contribution in [0.5, 0.6) is 0 Å². The molecule has 0 fully saturated rings. The van der Waals surface area contributed by atoms with Crippen LogP contribution in [0.4, 0.5) is 10.1 Å². The van der Waals surface area contributed by atoms with E-state index in [1.807, 2.05) is 13.8 Å². The third-order valence-electron chi connectivity index (χ3n) is 2.49. The SMILES string of the molecule is Cc1cc(N)cc(C(=O)N(C)CC(C)C)c1F. The van der Waals surface area contributed by atoms with E-state index in [2.05, 4.69) is 0 Å². The number of carbonyl (C=O) groups excluding carboxylic acids is 1. The fourth-order valence-corrected chi connectivity index (χ4v) is 1.79. The molecule has 1 rings (SSSR count). The highest BCUT2D eigenvalue weighted by molar-refractivity contribution is 5.95. The number of nitrogens with two attached hydrogens (primary N) is 1. The number of halogens is 1. The Morgan fingerprint density at radius 1 is 1.47 bits per heavy atom. The van der Waals surface area contributed by atoms with Gasteiger partial charge in [0.25, 0.3) is 5.91 Å². The van der Waals surface area contributed by atoms with Crippen molar-refractivity contribution in [1.82, 2.24) is 4.90 Å². The van der Waals surface area contributed by atoms with Gasteiger partial charge in [-0.3, -0.25) is 4.79 Å². The van der Waals surface area contributed by atoms with Crippen molar-refractivity contribution < 1.29 is 9.18 Å². The van der Waals surface area contributed by atoms with E-state index < -0.39 is 5.82 Å². The fraction of sp³-hybridized carbons (Fsp3) is 0.462. The van der Waals surface area contributed by atoms with Crippen LogP contribution in [0, 0.1) is 18.7 Å². The second-order valence-corrected chi connectivity index (χ2v) is 4.78. The summed E-state index contributed by atoms with van der Waals surface area (Å²) in [6, 6.07) is 2.91. The molecule has 1 amide bonds. The first-order valence-electron chi connectivity index (χ1n) is 5.64. The molecule has 2 N–H and O–H groups in total. The summed E-state index contributed by atoms with van der Waals surface area (Å²) < 4.78 is 13.8. The molecule has 0 heterocycles. The number of amides is 1. The number of anilines is 1. The molecule has 0 atom stereocenters. The van der Waals surface area contributed by atoms with E-state index >= 15 is 0 Å². The molecule has 94 valence electrons. The van der Waals surface area contributed by atoms with Crippen LogP contribution in [0.1, 0.15) is 29.8 Å². The number of nitrogen functional groups attached to an aromatic ring is 1. The number of nitrogens with zero attached hydrogens (tertiary/aromatic N) is 1. The summed E-state index contributed by atoms with van der Waals surface area (Å²) in [4.78, 5) is 13.6. The van der Waals surface area contributed by atoms with E-state index in [-0.39, 0.29) is 11.5 Å². The molecule has 1 aromatic rings. The van der Waals surface area contributed by atoms with Crippen molar-refractivity contribution in [1.29, 1.82) is 0 Å². The van der Waals surface area contributed by atoms with Gasteiger partial charge >= 0.3 is 0 Å². The molecule has 0 spiro atoms. The summed E-state index contributed by atoms with van der Waals surface area (Å²) in [5.41, 5.74) is 6.48. The Bertz CT molecular complexity index is 430. The Morgan fingerprint density at radius 3 is 2.59 bits per heavy atom. The van der Waals surface area contributed by atoms with E-state index in [1.54, 1.807) is 14.0 Å². The average molecular weight is 238 g/mol. The Balaban J connectivity index is 3.04. The highest BCUT2D eigenvalue weighted by atomic mass is 19.1. The molecule has 0 unspecified atom stereocenters. The van der Waals surface area contributed by atoms with Crippen LogP contribution in [0.15, 0.2) is 12.1 Å². The molecular weight excluding hydrogens is 219 g/mol. The Labute approximate surface area is 101 Å². The second kappa shape index (κ2) is 5.17. The standard InChI is InChI=1S/C13H19FN2O/c1-8(2)7-16(4)13(17)11-6-10(15)5-9(3)12(11)14/h5-6,8H,7,15H2,1-4H3. The van der Waals surface area contributed by atoms with Crippen molar-refractivity contribution in [2.45, 2.75) is 20.8 Å². The van der Waals surface area contributed by atoms with Crippen molar-refractivity contribution in [2.75, 3.05) is 19.3 Å². The third kappa shape index (κ3) is 3.19. The zero-order valence-electron chi connectivity index (χ0n) is 10.7. The fourth-order valence-electron chi connectivity index (χ4n) is 1.79. The molecule has 0 saturated carbocycles. The average Bonchev–Trinajstić information content (AvgIpc) is 2.21. The first kappa shape index (κ1) is 13.5. The van der Waals surface area contributed by atoms with Crippen molar-refractivity contribution >= 4 is 11.6 Å². The molecule has 0 radical (unpaired) electrons. The Hall–Kier alpha value is -1.58. The lowest BCUT2D eigenvalue weighted by Gasteiger charge is -2.20. The van der Waals surface area contributed by atoms with Crippen molar-refractivity contribution in [3.8, 4) is 0 Å². The molecule has 0 saturated heterocycles. The van der Waals surface area contributed by atoms with Gasteiger partial charge in [0.15, 0.2) is 0 Å². The van der Waals surface area contributed by atoms with Gasteiger partial charge in [-0.05, 0) is 30.5 Å². The summed E-state index contributed by atoms with van der Waals surface area (Å²) in [6.45, 7) is 6.20. The van der Waals surface area contributed by atoms with Crippen LogP contribution in [0.25, 0.3) is 0 Å². The van der Waals surface area contributed by atoms with Gasteiger partial charge in [0.2, 0.25) is 0 Å². The molecule has 17 heavy (non-hydrogen) atoms. The van der Waals surface area contributed by atoms with Crippen molar-refractivity contribution in [3.63, 3.8) is 0 Å². The third-order valence-corrected chi connectivity index (χ3v) is 2.49. The lowest BCUT2D eigenvalue weighted by molar-refractivity contribution is 0.0774. The van der Waals surface area contributed by atoms with Crippen molar-refractivity contribution in [2.24, 2.45) is 5.92 Å². The number of aryl methyl sites for hydroxylation is 1. The minimum Gasteiger partial charge on any atom is -0.399 e. The molecular formula is C13H19FN2O. The van der Waals surface area contributed by atoms with Crippen LogP contribution in [0.2, 0.25) is 0 Å². The highest BCUT2D eigenvalue weighted by Gasteiger charge is 2.18. The predicted octanol–water partition coefficient (Wildman–Crippen LogP) is 2.44. The maximum atomic E-state index is 13.8. The largest absolute Gasteiger partial charge is 0.399 e. The lowest BCUT2D eigenvalue weighted by atomic mass is 10.1. The van der Waals surface area contributed by atoms with Crippen LogP contribution < -0.4 is 5.73 Å². The normalized spacial score (nSPS) is 10.7. The van der Waals surface area contributed by atoms with Gasteiger partial charge < -0.3 is 10.6 Å². The van der Waals surface area contributed by atoms with Gasteiger partial charge in [0.1, 0.15) is 5.82 Å². The summed E-state index contributed by atoms with van der Waals surface area (Å²) in [7, 11) is 1.67. The van der Waals surface area contributed by atoms with E-state index in [4.69, 9.17) is 5.73 Å². The van der Waals surface area contributed by atoms with Crippen LogP contribution in [-0.4, -0.2) is 24.4 Å². The van der Waals surface area contributed by atoms with Crippen LogP contribution in [0.3, 0.4) is 0 Å². The first-order valence-corrected chi connectivity index (χ1v) is 5.64. The smallest absolute Gasteiger partial charge is 0.256 e. The van der Waals surface area contributed by atoms with Crippen molar-refractivity contribution in [3.05, 3.63) is 29.1 Å². The maximum absolute atomic E-state index is 13.8. The van der Waals surface area contributed by atoms with Gasteiger partial charge in [-0.25, -0.2) is 4.39 Å². The van der Waals surface area contributed by atoms with Gasteiger partial charge in [-0.1, -0.05) is 13.8 Å².